The van der Waals surface area contributed by atoms with E-state index in [1.54, 1.807) is 18.2 Å². The van der Waals surface area contributed by atoms with E-state index in [-0.39, 0.29) is 17.7 Å². The zero-order chi connectivity index (χ0) is 19.8. The smallest absolute Gasteiger partial charge is 0.267 e. The molecule has 27 heavy (non-hydrogen) atoms. The number of aryl methyl sites for hydroxylation is 3. The van der Waals surface area contributed by atoms with Gasteiger partial charge in [0.1, 0.15) is 6.04 Å². The number of amides is 2. The molecule has 0 bridgehead atoms. The van der Waals surface area contributed by atoms with Crippen molar-refractivity contribution in [3.63, 3.8) is 0 Å². The van der Waals surface area contributed by atoms with Crippen LogP contribution in [0.4, 0.5) is 5.69 Å². The van der Waals surface area contributed by atoms with E-state index < -0.39 is 27.9 Å². The number of nitrogens with one attached hydrogen (secondary N) is 1. The van der Waals surface area contributed by atoms with Gasteiger partial charge in [0.15, 0.2) is 0 Å². The van der Waals surface area contributed by atoms with Crippen LogP contribution in [0.5, 0.6) is 0 Å². The van der Waals surface area contributed by atoms with Gasteiger partial charge in [0.25, 0.3) is 10.0 Å². The molecule has 3 rings (SSSR count). The lowest BCUT2D eigenvalue weighted by Crippen LogP contribution is -2.45. The Hall–Kier alpha value is -2.67. The number of carbonyl (C=O) groups excluding carboxylic acids is 2. The molecule has 1 aliphatic rings. The van der Waals surface area contributed by atoms with Crippen molar-refractivity contribution in [2.24, 2.45) is 0 Å². The fourth-order valence-electron chi connectivity index (χ4n) is 3.12. The minimum atomic E-state index is -4.10. The Morgan fingerprint density at radius 2 is 1.74 bits per heavy atom. The summed E-state index contributed by atoms with van der Waals surface area (Å²) in [4.78, 5) is 25.1. The molecule has 0 aromatic heterocycles. The highest BCUT2D eigenvalue weighted by Gasteiger charge is 2.44. The molecule has 1 aliphatic heterocycles. The van der Waals surface area contributed by atoms with E-state index in [2.05, 4.69) is 5.32 Å². The topological polar surface area (TPSA) is 83.6 Å². The second kappa shape index (κ2) is 7.15. The predicted octanol–water partition coefficient (Wildman–Crippen LogP) is 2.93. The molecule has 7 heteroatoms. The summed E-state index contributed by atoms with van der Waals surface area (Å²) in [6.07, 6.45) is 0.191. The van der Waals surface area contributed by atoms with Crippen LogP contribution in [-0.4, -0.2) is 30.6 Å². The molecule has 2 aromatic rings. The molecule has 6 nitrogen and oxygen atoms in total. The Balaban J connectivity index is 1.92. The Morgan fingerprint density at radius 1 is 1.04 bits per heavy atom. The fraction of sp³-hybridized carbons (Fsp3) is 0.300. The first kappa shape index (κ1) is 19.1. The van der Waals surface area contributed by atoms with Crippen molar-refractivity contribution in [2.75, 3.05) is 5.32 Å². The first-order valence-corrected chi connectivity index (χ1v) is 10.2. The minimum absolute atomic E-state index is 0.0227. The van der Waals surface area contributed by atoms with E-state index in [0.717, 1.165) is 21.0 Å². The predicted molar refractivity (Wildman–Crippen MR) is 103 cm³/mol. The molecule has 2 aromatic carbocycles. The Kier molecular flexibility index (Phi) is 5.06. The van der Waals surface area contributed by atoms with Gasteiger partial charge in [-0.05, 0) is 62.1 Å². The molecule has 1 fully saturated rings. The molecule has 142 valence electrons. The van der Waals surface area contributed by atoms with E-state index in [4.69, 9.17) is 0 Å². The number of carbonyl (C=O) groups is 2. The summed E-state index contributed by atoms with van der Waals surface area (Å²) in [7, 11) is -4.10. The number of nitrogens with zero attached hydrogens (tertiary/aromatic N) is 1. The van der Waals surface area contributed by atoms with Crippen LogP contribution in [0.1, 0.15) is 29.5 Å². The van der Waals surface area contributed by atoms with E-state index in [0.29, 0.717) is 5.69 Å². The number of benzene rings is 2. The molecule has 0 spiro atoms. The molecule has 1 atom stereocenters. The van der Waals surface area contributed by atoms with Gasteiger partial charge in [0, 0.05) is 12.1 Å². The molecule has 2 amide bonds. The Morgan fingerprint density at radius 3 is 2.41 bits per heavy atom. The number of sulfonamides is 1. The summed E-state index contributed by atoms with van der Waals surface area (Å²) in [5.74, 6) is -1.05. The van der Waals surface area contributed by atoms with Crippen molar-refractivity contribution in [1.29, 1.82) is 0 Å². The van der Waals surface area contributed by atoms with Crippen molar-refractivity contribution >= 4 is 27.5 Å². The summed E-state index contributed by atoms with van der Waals surface area (Å²) in [5.41, 5.74) is 3.23. The molecule has 1 saturated heterocycles. The van der Waals surface area contributed by atoms with Crippen molar-refractivity contribution in [3.05, 3.63) is 59.2 Å². The molecular formula is C20H22N2O4S. The van der Waals surface area contributed by atoms with Crippen LogP contribution in [0, 0.1) is 20.8 Å². The lowest BCUT2D eigenvalue weighted by Gasteiger charge is -2.24. The van der Waals surface area contributed by atoms with Crippen LogP contribution in [-0.2, 0) is 19.6 Å². The normalized spacial score (nSPS) is 17.2. The molecule has 0 radical (unpaired) electrons. The highest BCUT2D eigenvalue weighted by atomic mass is 32.2. The monoisotopic (exact) mass is 386 g/mol. The molecule has 1 heterocycles. The number of hydrogen-bond donors (Lipinski definition) is 1. The maximum Gasteiger partial charge on any atom is 0.267 e. The third-order valence-corrected chi connectivity index (χ3v) is 6.73. The van der Waals surface area contributed by atoms with Gasteiger partial charge in [0.05, 0.1) is 4.90 Å². The van der Waals surface area contributed by atoms with Crippen LogP contribution in [0.25, 0.3) is 0 Å². The standard InChI is InChI=1S/C20H22N2O4S/c1-13-8-9-16(12-15(13)3)27(25,26)22-18(10-11-19(22)23)20(24)21-17-7-5-4-6-14(17)2/h4-9,12,18H,10-11H2,1-3H3,(H,21,24)/t18-/m1/s1. The first-order chi connectivity index (χ1) is 12.7. The zero-order valence-electron chi connectivity index (χ0n) is 15.5. The van der Waals surface area contributed by atoms with Gasteiger partial charge in [-0.25, -0.2) is 12.7 Å². The van der Waals surface area contributed by atoms with Gasteiger partial charge < -0.3 is 5.32 Å². The van der Waals surface area contributed by atoms with Gasteiger partial charge in [-0.1, -0.05) is 24.3 Å². The van der Waals surface area contributed by atoms with Crippen LogP contribution < -0.4 is 5.32 Å². The fourth-order valence-corrected chi connectivity index (χ4v) is 4.81. The maximum absolute atomic E-state index is 13.1. The molecular weight excluding hydrogens is 364 g/mol. The van der Waals surface area contributed by atoms with Crippen molar-refractivity contribution in [3.8, 4) is 0 Å². The molecule has 1 N–H and O–H groups in total. The Labute approximate surface area is 159 Å². The lowest BCUT2D eigenvalue weighted by atomic mass is 10.1. The summed E-state index contributed by atoms with van der Waals surface area (Å²) in [6, 6.07) is 10.9. The van der Waals surface area contributed by atoms with Crippen LogP contribution in [0.15, 0.2) is 47.4 Å². The lowest BCUT2D eigenvalue weighted by molar-refractivity contribution is -0.128. The van der Waals surface area contributed by atoms with Crippen LogP contribution in [0.3, 0.4) is 0 Å². The van der Waals surface area contributed by atoms with E-state index in [1.165, 1.54) is 12.1 Å². The second-order valence-electron chi connectivity index (χ2n) is 6.80. The third kappa shape index (κ3) is 3.60. The van der Waals surface area contributed by atoms with Gasteiger partial charge >= 0.3 is 0 Å². The maximum atomic E-state index is 13.1. The van der Waals surface area contributed by atoms with Gasteiger partial charge in [-0.3, -0.25) is 9.59 Å². The quantitative estimate of drug-likeness (QED) is 0.876. The zero-order valence-corrected chi connectivity index (χ0v) is 16.3. The van der Waals surface area contributed by atoms with E-state index in [1.807, 2.05) is 32.9 Å². The van der Waals surface area contributed by atoms with Crippen molar-refractivity contribution in [1.82, 2.24) is 4.31 Å². The van der Waals surface area contributed by atoms with E-state index in [9.17, 15) is 18.0 Å². The summed E-state index contributed by atoms with van der Waals surface area (Å²) < 4.78 is 26.9. The number of rotatable bonds is 4. The minimum Gasteiger partial charge on any atom is -0.324 e. The van der Waals surface area contributed by atoms with Crippen molar-refractivity contribution < 1.29 is 18.0 Å². The van der Waals surface area contributed by atoms with Gasteiger partial charge in [0.2, 0.25) is 11.8 Å². The number of hydrogen-bond acceptors (Lipinski definition) is 4. The van der Waals surface area contributed by atoms with Crippen LogP contribution in [0.2, 0.25) is 0 Å². The molecule has 0 unspecified atom stereocenters. The van der Waals surface area contributed by atoms with Gasteiger partial charge in [-0.2, -0.15) is 0 Å². The summed E-state index contributed by atoms with van der Waals surface area (Å²) in [5, 5.41) is 2.75. The first-order valence-electron chi connectivity index (χ1n) is 8.73. The summed E-state index contributed by atoms with van der Waals surface area (Å²) >= 11 is 0. The number of anilines is 1. The second-order valence-corrected chi connectivity index (χ2v) is 8.61. The SMILES string of the molecule is Cc1ccc(S(=O)(=O)N2C(=O)CC[C@@H]2C(=O)Nc2ccccc2C)cc1C. The largest absolute Gasteiger partial charge is 0.324 e. The number of para-hydroxylation sites is 1. The molecule has 0 saturated carbocycles. The highest BCUT2D eigenvalue weighted by molar-refractivity contribution is 7.89. The average Bonchev–Trinajstić information content (AvgIpc) is 3.01. The highest BCUT2D eigenvalue weighted by Crippen LogP contribution is 2.29. The molecule has 0 aliphatic carbocycles. The average molecular weight is 386 g/mol. The van der Waals surface area contributed by atoms with Crippen LogP contribution >= 0.6 is 0 Å². The third-order valence-electron chi connectivity index (χ3n) is 4.90. The van der Waals surface area contributed by atoms with Gasteiger partial charge in [-0.15, -0.1) is 0 Å². The van der Waals surface area contributed by atoms with E-state index >= 15 is 0 Å². The van der Waals surface area contributed by atoms with Crippen molar-refractivity contribution in [2.45, 2.75) is 44.6 Å². The summed E-state index contributed by atoms with van der Waals surface area (Å²) in [6.45, 7) is 5.53. The Bertz CT molecular complexity index is 1010.